The third-order valence-corrected chi connectivity index (χ3v) is 5.63. The number of ether oxygens (including phenoxy) is 4. The van der Waals surface area contributed by atoms with E-state index in [2.05, 4.69) is 19.7 Å². The zero-order chi connectivity index (χ0) is 28.5. The normalized spacial score (nSPS) is 14.3. The van der Waals surface area contributed by atoms with Gasteiger partial charge in [-0.1, -0.05) is 56.1 Å². The van der Waals surface area contributed by atoms with E-state index in [9.17, 15) is 14.4 Å². The van der Waals surface area contributed by atoms with Crippen molar-refractivity contribution in [2.75, 3.05) is 13.2 Å². The van der Waals surface area contributed by atoms with E-state index in [1.54, 1.807) is 32.9 Å². The quantitative estimate of drug-likeness (QED) is 0.150. The van der Waals surface area contributed by atoms with Crippen molar-refractivity contribution >= 4 is 23.5 Å². The van der Waals surface area contributed by atoms with Crippen LogP contribution in [-0.4, -0.2) is 37.2 Å². The molecule has 1 unspecified atom stereocenters. The highest BCUT2D eigenvalue weighted by molar-refractivity contribution is 5.89. The Morgan fingerprint density at radius 1 is 0.744 bits per heavy atom. The maximum absolute atomic E-state index is 12.1. The predicted octanol–water partition coefficient (Wildman–Crippen LogP) is 6.13. The Morgan fingerprint density at radius 2 is 1.28 bits per heavy atom. The van der Waals surface area contributed by atoms with E-state index in [1.165, 1.54) is 0 Å². The first-order valence-electron chi connectivity index (χ1n) is 12.4. The van der Waals surface area contributed by atoms with Gasteiger partial charge in [0.25, 0.3) is 0 Å². The molecule has 7 heteroatoms. The summed E-state index contributed by atoms with van der Waals surface area (Å²) in [4.78, 5) is 35.6. The van der Waals surface area contributed by atoms with Gasteiger partial charge in [0.15, 0.2) is 0 Å². The number of hydrogen-bond acceptors (Lipinski definition) is 7. The summed E-state index contributed by atoms with van der Waals surface area (Å²) < 4.78 is 21.6. The van der Waals surface area contributed by atoms with Crippen LogP contribution in [-0.2, 0) is 28.6 Å². The Balaban J connectivity index is 1.69. The summed E-state index contributed by atoms with van der Waals surface area (Å²) in [6, 6.07) is 15.5. The van der Waals surface area contributed by atoms with Crippen molar-refractivity contribution in [2.24, 2.45) is 0 Å². The number of esters is 3. The van der Waals surface area contributed by atoms with Crippen molar-refractivity contribution < 1.29 is 33.3 Å². The average Bonchev–Trinajstić information content (AvgIpc) is 2.91. The van der Waals surface area contributed by atoms with Crippen molar-refractivity contribution in [3.8, 4) is 16.9 Å². The van der Waals surface area contributed by atoms with Crippen LogP contribution >= 0.6 is 0 Å². The van der Waals surface area contributed by atoms with Gasteiger partial charge in [-0.2, -0.15) is 0 Å². The Morgan fingerprint density at radius 3 is 1.85 bits per heavy atom. The van der Waals surface area contributed by atoms with Gasteiger partial charge in [-0.05, 0) is 67.3 Å². The topological polar surface area (TPSA) is 88.1 Å². The van der Waals surface area contributed by atoms with Gasteiger partial charge in [-0.25, -0.2) is 14.4 Å². The van der Waals surface area contributed by atoms with E-state index in [1.807, 2.05) is 48.5 Å². The molecule has 1 aliphatic carbocycles. The predicted molar refractivity (Wildman–Crippen MR) is 149 cm³/mol. The lowest BCUT2D eigenvalue weighted by Gasteiger charge is -2.22. The van der Waals surface area contributed by atoms with Crippen LogP contribution < -0.4 is 4.74 Å². The van der Waals surface area contributed by atoms with Gasteiger partial charge in [0.05, 0.1) is 0 Å². The fraction of sp³-hybridized carbons (Fsp3) is 0.219. The van der Waals surface area contributed by atoms with Crippen LogP contribution in [0.4, 0.5) is 0 Å². The zero-order valence-corrected chi connectivity index (χ0v) is 22.5. The lowest BCUT2D eigenvalue weighted by atomic mass is 9.93. The summed E-state index contributed by atoms with van der Waals surface area (Å²) >= 11 is 0. The minimum absolute atomic E-state index is 0.140. The van der Waals surface area contributed by atoms with Crippen molar-refractivity contribution in [3.05, 3.63) is 108 Å². The van der Waals surface area contributed by atoms with Crippen LogP contribution in [0.15, 0.2) is 103 Å². The Labute approximate surface area is 228 Å². The number of allylic oxidation sites excluding steroid dienone is 1. The highest BCUT2D eigenvalue weighted by Gasteiger charge is 2.22. The van der Waals surface area contributed by atoms with Crippen LogP contribution in [0.25, 0.3) is 16.7 Å². The van der Waals surface area contributed by atoms with Gasteiger partial charge in [0.2, 0.25) is 0 Å². The molecule has 0 saturated heterocycles. The molecule has 0 spiro atoms. The summed E-state index contributed by atoms with van der Waals surface area (Å²) in [6.45, 7) is 15.9. The Bertz CT molecular complexity index is 1340. The second-order valence-electron chi connectivity index (χ2n) is 9.20. The smallest absolute Gasteiger partial charge is 0.338 e. The highest BCUT2D eigenvalue weighted by Crippen LogP contribution is 2.31. The number of rotatable bonds is 11. The van der Waals surface area contributed by atoms with E-state index in [0.29, 0.717) is 17.7 Å². The van der Waals surface area contributed by atoms with Crippen LogP contribution in [0, 0.1) is 0 Å². The van der Waals surface area contributed by atoms with Gasteiger partial charge in [-0.3, -0.25) is 0 Å². The number of carbonyl (C=O) groups excluding carboxylic acids is 3. The lowest BCUT2D eigenvalue weighted by Crippen LogP contribution is -2.20. The fourth-order valence-corrected chi connectivity index (χ4v) is 3.55. The largest absolute Gasteiger partial charge is 0.490 e. The summed E-state index contributed by atoms with van der Waals surface area (Å²) in [5, 5.41) is 0. The number of carbonyl (C=O) groups is 3. The minimum atomic E-state index is -0.612. The molecule has 3 rings (SSSR count). The van der Waals surface area contributed by atoms with Gasteiger partial charge < -0.3 is 18.9 Å². The van der Waals surface area contributed by atoms with E-state index >= 15 is 0 Å². The summed E-state index contributed by atoms with van der Waals surface area (Å²) in [6.07, 6.45) is 3.17. The standard InChI is InChI=1S/C32H32O7/c1-20(2)30(33)37-16-15-36-27-13-11-24(12-14-27)23-7-9-25(10-8-23)26-17-28(38-31(34)21(3)4)19-29(18-26)39-32(35)22(5)6/h7-14,17,19,29H,1,3,5,15-16,18H2,2,4,6H3. The number of hydrogen-bond donors (Lipinski definition) is 0. The molecule has 0 aromatic heterocycles. The first-order valence-corrected chi connectivity index (χ1v) is 12.4. The second-order valence-corrected chi connectivity index (χ2v) is 9.20. The molecule has 0 saturated carbocycles. The molecule has 2 aromatic carbocycles. The minimum Gasteiger partial charge on any atom is -0.490 e. The highest BCUT2D eigenvalue weighted by atomic mass is 16.6. The first-order chi connectivity index (χ1) is 18.5. The zero-order valence-electron chi connectivity index (χ0n) is 22.5. The first kappa shape index (κ1) is 28.9. The molecule has 0 radical (unpaired) electrons. The van der Waals surface area contributed by atoms with Crippen LogP contribution in [0.3, 0.4) is 0 Å². The molecule has 7 nitrogen and oxygen atoms in total. The molecular weight excluding hydrogens is 496 g/mol. The molecule has 0 fully saturated rings. The summed E-state index contributed by atoms with van der Waals surface area (Å²) in [5.74, 6) is -0.561. The van der Waals surface area contributed by atoms with Gasteiger partial charge >= 0.3 is 17.9 Å². The summed E-state index contributed by atoms with van der Waals surface area (Å²) in [7, 11) is 0. The third-order valence-electron chi connectivity index (χ3n) is 5.63. The van der Waals surface area contributed by atoms with Gasteiger partial charge in [0.1, 0.15) is 30.8 Å². The van der Waals surface area contributed by atoms with E-state index in [0.717, 1.165) is 22.3 Å². The molecule has 0 aliphatic heterocycles. The molecule has 0 N–H and O–H groups in total. The van der Waals surface area contributed by atoms with Crippen molar-refractivity contribution in [3.63, 3.8) is 0 Å². The molecule has 0 bridgehead atoms. The maximum atomic E-state index is 12.1. The molecular formula is C32H32O7. The van der Waals surface area contributed by atoms with Crippen LogP contribution in [0.1, 0.15) is 32.8 Å². The number of benzene rings is 2. The van der Waals surface area contributed by atoms with E-state index < -0.39 is 24.0 Å². The van der Waals surface area contributed by atoms with Crippen molar-refractivity contribution in [2.45, 2.75) is 33.3 Å². The monoisotopic (exact) mass is 528 g/mol. The molecule has 39 heavy (non-hydrogen) atoms. The fourth-order valence-electron chi connectivity index (χ4n) is 3.55. The van der Waals surface area contributed by atoms with Gasteiger partial charge in [-0.15, -0.1) is 0 Å². The van der Waals surface area contributed by atoms with Crippen LogP contribution in [0.5, 0.6) is 5.75 Å². The summed E-state index contributed by atoms with van der Waals surface area (Å²) in [5.41, 5.74) is 4.63. The van der Waals surface area contributed by atoms with E-state index in [4.69, 9.17) is 18.9 Å². The Kier molecular flexibility index (Phi) is 9.81. The molecule has 0 heterocycles. The van der Waals surface area contributed by atoms with Crippen molar-refractivity contribution in [1.29, 1.82) is 0 Å². The average molecular weight is 529 g/mol. The molecule has 202 valence electrons. The molecule has 1 atom stereocenters. The second kappa shape index (κ2) is 13.2. The maximum Gasteiger partial charge on any atom is 0.338 e. The SMILES string of the molecule is C=C(C)C(=O)OCCOc1ccc(-c2ccc(C3=CC(OC(=O)C(=C)C)=CC(OC(=O)C(=C)C)C3)cc2)cc1. The molecule has 2 aromatic rings. The third kappa shape index (κ3) is 8.43. The van der Waals surface area contributed by atoms with E-state index in [-0.39, 0.29) is 30.1 Å². The molecule has 0 amide bonds. The van der Waals surface area contributed by atoms with Crippen molar-refractivity contribution in [1.82, 2.24) is 0 Å². The Hall–Kier alpha value is -4.65. The lowest BCUT2D eigenvalue weighted by molar-refractivity contribution is -0.142. The van der Waals surface area contributed by atoms with Gasteiger partial charge in [0, 0.05) is 23.1 Å². The van der Waals surface area contributed by atoms with Crippen LogP contribution in [0.2, 0.25) is 0 Å². The molecule has 1 aliphatic rings.